The Morgan fingerprint density at radius 3 is 2.28 bits per heavy atom. The summed E-state index contributed by atoms with van der Waals surface area (Å²) in [6, 6.07) is 0. The number of hydrogen-bond acceptors (Lipinski definition) is 6. The van der Waals surface area contributed by atoms with E-state index in [0.717, 1.165) is 19.3 Å². The van der Waals surface area contributed by atoms with Crippen molar-refractivity contribution < 1.29 is 19.4 Å². The van der Waals surface area contributed by atoms with Gasteiger partial charge in [0, 0.05) is 31.0 Å². The zero-order valence-corrected chi connectivity index (χ0v) is 15.2. The van der Waals surface area contributed by atoms with Crippen molar-refractivity contribution in [1.82, 2.24) is 14.9 Å². The molecule has 2 rings (SSSR count). The first-order chi connectivity index (χ1) is 11.6. The number of hydrogen-bond donors (Lipinski definition) is 2. The van der Waals surface area contributed by atoms with E-state index in [0.29, 0.717) is 19.0 Å². The summed E-state index contributed by atoms with van der Waals surface area (Å²) < 4.78 is 5.42. The first-order valence-electron chi connectivity index (χ1n) is 8.45. The number of nitrogens with one attached hydrogen (secondary N) is 1. The van der Waals surface area contributed by atoms with E-state index in [1.54, 1.807) is 4.90 Å². The highest BCUT2D eigenvalue weighted by molar-refractivity contribution is 5.86. The number of anilines is 1. The zero-order chi connectivity index (χ0) is 18.7. The topological polar surface area (TPSA) is 105 Å². The fourth-order valence-electron chi connectivity index (χ4n) is 2.75. The van der Waals surface area contributed by atoms with Crippen molar-refractivity contribution in [1.29, 1.82) is 0 Å². The van der Waals surface area contributed by atoms with Gasteiger partial charge in [0.25, 0.3) is 0 Å². The monoisotopic (exact) mass is 350 g/mol. The second-order valence-electron chi connectivity index (χ2n) is 7.33. The summed E-state index contributed by atoms with van der Waals surface area (Å²) in [5, 5.41) is 12.2. The van der Waals surface area contributed by atoms with Crippen LogP contribution in [-0.4, -0.2) is 56.3 Å². The van der Waals surface area contributed by atoms with E-state index in [1.807, 2.05) is 20.8 Å². The molecule has 1 aliphatic rings. The number of likely N-dealkylation sites (tertiary alicyclic amines) is 1. The van der Waals surface area contributed by atoms with Crippen molar-refractivity contribution in [3.8, 4) is 0 Å². The fourth-order valence-corrected chi connectivity index (χ4v) is 2.75. The number of carboxylic acid groups (broad SMARTS) is 1. The molecular formula is C17H26N4O4. The van der Waals surface area contributed by atoms with Gasteiger partial charge in [0.15, 0.2) is 0 Å². The number of nitrogens with zero attached hydrogens (tertiary/aromatic N) is 3. The normalized spacial score (nSPS) is 17.0. The molecule has 2 heterocycles. The number of rotatable bonds is 4. The van der Waals surface area contributed by atoms with E-state index >= 15 is 0 Å². The maximum absolute atomic E-state index is 12.2. The first kappa shape index (κ1) is 19.0. The Morgan fingerprint density at radius 2 is 1.84 bits per heavy atom. The standard InChI is InChI=1S/C17H26N4O4/c1-5-17(20-14-18-10-12(11-19-14)13(22)23)6-8-21(9-7-17)15(24)25-16(2,3)4/h10-11H,5-9H2,1-4H3,(H,22,23)(H,18,19,20). The van der Waals surface area contributed by atoms with Crippen molar-refractivity contribution in [3.05, 3.63) is 18.0 Å². The summed E-state index contributed by atoms with van der Waals surface area (Å²) in [6.45, 7) is 8.80. The Hall–Kier alpha value is -2.38. The minimum absolute atomic E-state index is 0.0517. The molecule has 25 heavy (non-hydrogen) atoms. The van der Waals surface area contributed by atoms with Crippen LogP contribution in [0, 0.1) is 0 Å². The van der Waals surface area contributed by atoms with Crippen LogP contribution in [0.15, 0.2) is 12.4 Å². The van der Waals surface area contributed by atoms with Crippen molar-refractivity contribution in [3.63, 3.8) is 0 Å². The van der Waals surface area contributed by atoms with Gasteiger partial charge in [-0.15, -0.1) is 0 Å². The SMILES string of the molecule is CCC1(Nc2ncc(C(=O)O)cn2)CCN(C(=O)OC(C)(C)C)CC1. The third-order valence-corrected chi connectivity index (χ3v) is 4.32. The third-order valence-electron chi connectivity index (χ3n) is 4.32. The van der Waals surface area contributed by atoms with Crippen LogP contribution in [0.5, 0.6) is 0 Å². The van der Waals surface area contributed by atoms with Crippen LogP contribution in [0.3, 0.4) is 0 Å². The van der Waals surface area contributed by atoms with Gasteiger partial charge in [-0.1, -0.05) is 6.92 Å². The summed E-state index contributed by atoms with van der Waals surface area (Å²) in [5.41, 5.74) is -0.673. The molecule has 2 N–H and O–H groups in total. The predicted molar refractivity (Wildman–Crippen MR) is 92.7 cm³/mol. The largest absolute Gasteiger partial charge is 0.478 e. The van der Waals surface area contributed by atoms with Crippen LogP contribution in [0.25, 0.3) is 0 Å². The zero-order valence-electron chi connectivity index (χ0n) is 15.2. The number of carbonyl (C=O) groups excluding carboxylic acids is 1. The molecule has 1 saturated heterocycles. The summed E-state index contributed by atoms with van der Waals surface area (Å²) in [6.07, 6.45) is 4.62. The molecule has 1 aliphatic heterocycles. The van der Waals surface area contributed by atoms with Gasteiger partial charge in [0.05, 0.1) is 5.56 Å². The second kappa shape index (κ2) is 7.25. The Kier molecular flexibility index (Phi) is 5.49. The molecule has 0 unspecified atom stereocenters. The molecule has 1 aromatic heterocycles. The van der Waals surface area contributed by atoms with E-state index in [9.17, 15) is 9.59 Å². The van der Waals surface area contributed by atoms with Gasteiger partial charge >= 0.3 is 12.1 Å². The molecule has 0 spiro atoms. The minimum Gasteiger partial charge on any atom is -0.478 e. The molecule has 138 valence electrons. The summed E-state index contributed by atoms with van der Waals surface area (Å²) in [7, 11) is 0. The molecule has 0 saturated carbocycles. The first-order valence-corrected chi connectivity index (χ1v) is 8.45. The molecule has 8 nitrogen and oxygen atoms in total. The van der Waals surface area contributed by atoms with E-state index in [4.69, 9.17) is 9.84 Å². The van der Waals surface area contributed by atoms with Gasteiger partial charge in [0.2, 0.25) is 5.95 Å². The lowest BCUT2D eigenvalue weighted by Crippen LogP contribution is -2.51. The van der Waals surface area contributed by atoms with Gasteiger partial charge in [-0.2, -0.15) is 0 Å². The highest BCUT2D eigenvalue weighted by Gasteiger charge is 2.36. The predicted octanol–water partition coefficient (Wildman–Crippen LogP) is 2.77. The molecule has 1 amide bonds. The maximum Gasteiger partial charge on any atom is 0.410 e. The highest BCUT2D eigenvalue weighted by Crippen LogP contribution is 2.29. The summed E-state index contributed by atoms with van der Waals surface area (Å²) >= 11 is 0. The number of carboxylic acids is 1. The molecular weight excluding hydrogens is 324 g/mol. The van der Waals surface area contributed by atoms with Crippen LogP contribution < -0.4 is 5.32 Å². The van der Waals surface area contributed by atoms with Crippen molar-refractivity contribution in [2.75, 3.05) is 18.4 Å². The minimum atomic E-state index is -1.05. The van der Waals surface area contributed by atoms with Crippen LogP contribution in [0.1, 0.15) is 57.3 Å². The summed E-state index contributed by atoms with van der Waals surface area (Å²) in [5.74, 6) is -0.653. The lowest BCUT2D eigenvalue weighted by atomic mass is 9.85. The lowest BCUT2D eigenvalue weighted by molar-refractivity contribution is 0.0175. The van der Waals surface area contributed by atoms with Crippen molar-refractivity contribution >= 4 is 18.0 Å². The van der Waals surface area contributed by atoms with Crippen LogP contribution in [-0.2, 0) is 4.74 Å². The number of carbonyl (C=O) groups is 2. The summed E-state index contributed by atoms with van der Waals surface area (Å²) in [4.78, 5) is 32.9. The highest BCUT2D eigenvalue weighted by atomic mass is 16.6. The van der Waals surface area contributed by atoms with Gasteiger partial charge < -0.3 is 20.1 Å². The number of aromatic carboxylic acids is 1. The van der Waals surface area contributed by atoms with Gasteiger partial charge in [0.1, 0.15) is 5.60 Å². The van der Waals surface area contributed by atoms with Gasteiger partial charge in [-0.3, -0.25) is 0 Å². The van der Waals surface area contributed by atoms with Gasteiger partial charge in [-0.25, -0.2) is 19.6 Å². The quantitative estimate of drug-likeness (QED) is 0.860. The maximum atomic E-state index is 12.2. The van der Waals surface area contributed by atoms with Crippen molar-refractivity contribution in [2.45, 2.75) is 58.1 Å². The average molecular weight is 350 g/mol. The Morgan fingerprint density at radius 1 is 1.28 bits per heavy atom. The lowest BCUT2D eigenvalue weighted by Gasteiger charge is -2.42. The van der Waals surface area contributed by atoms with Crippen molar-refractivity contribution in [2.24, 2.45) is 0 Å². The average Bonchev–Trinajstić information content (AvgIpc) is 2.54. The van der Waals surface area contributed by atoms with Crippen LogP contribution in [0.2, 0.25) is 0 Å². The van der Waals surface area contributed by atoms with Crippen LogP contribution >= 0.6 is 0 Å². The molecule has 0 aliphatic carbocycles. The molecule has 0 atom stereocenters. The second-order valence-corrected chi connectivity index (χ2v) is 7.33. The molecule has 0 bridgehead atoms. The molecule has 0 aromatic carbocycles. The van der Waals surface area contributed by atoms with Gasteiger partial charge in [-0.05, 0) is 40.0 Å². The number of aromatic nitrogens is 2. The Balaban J connectivity index is 1.98. The van der Waals surface area contributed by atoms with Crippen LogP contribution in [0.4, 0.5) is 10.7 Å². The number of amides is 1. The third kappa shape index (κ3) is 5.04. The smallest absolute Gasteiger partial charge is 0.410 e. The number of piperidine rings is 1. The Labute approximate surface area is 147 Å². The van der Waals surface area contributed by atoms with E-state index in [1.165, 1.54) is 12.4 Å². The molecule has 0 radical (unpaired) electrons. The number of ether oxygens (including phenoxy) is 1. The molecule has 1 fully saturated rings. The molecule has 1 aromatic rings. The Bertz CT molecular complexity index is 617. The van der Waals surface area contributed by atoms with E-state index < -0.39 is 11.6 Å². The van der Waals surface area contributed by atoms with E-state index in [2.05, 4.69) is 22.2 Å². The van der Waals surface area contributed by atoms with E-state index in [-0.39, 0.29) is 17.2 Å². The molecule has 8 heteroatoms. The fraction of sp³-hybridized carbons (Fsp3) is 0.647.